The van der Waals surface area contributed by atoms with Crippen molar-refractivity contribution in [3.8, 4) is 39.4 Å². The largest absolute Gasteiger partial charge is 0.492 e. The second-order valence-corrected chi connectivity index (χ2v) is 11.2. The number of nitrogens with zero attached hydrogens (tertiary/aromatic N) is 4. The van der Waals surface area contributed by atoms with Crippen LogP contribution < -0.4 is 10.1 Å². The molecule has 6 aromatic rings. The summed E-state index contributed by atoms with van der Waals surface area (Å²) in [6.07, 6.45) is 7.04. The number of aromatic nitrogens is 5. The number of benzene rings is 2. The van der Waals surface area contributed by atoms with Crippen LogP contribution in [0.1, 0.15) is 12.8 Å². The van der Waals surface area contributed by atoms with Crippen molar-refractivity contribution < 1.29 is 13.9 Å². The van der Waals surface area contributed by atoms with E-state index >= 15 is 0 Å². The van der Waals surface area contributed by atoms with Crippen molar-refractivity contribution in [2.75, 3.05) is 32.6 Å². The van der Waals surface area contributed by atoms with Crippen molar-refractivity contribution in [2.45, 2.75) is 12.8 Å². The Bertz CT molecular complexity index is 1980. The lowest BCUT2D eigenvalue weighted by Crippen LogP contribution is -2.19. The molecule has 0 saturated heterocycles. The number of H-pyrrole nitrogens is 2. The Hall–Kier alpha value is -5.09. The highest BCUT2D eigenvalue weighted by Crippen LogP contribution is 2.36. The average molecular weight is 576 g/mol. The van der Waals surface area contributed by atoms with E-state index in [1.54, 1.807) is 18.6 Å². The normalized spacial score (nSPS) is 13.2. The van der Waals surface area contributed by atoms with Gasteiger partial charge >= 0.3 is 0 Å². The summed E-state index contributed by atoms with van der Waals surface area (Å²) in [6, 6.07) is 16.6. The van der Waals surface area contributed by atoms with Crippen LogP contribution in [0.25, 0.3) is 55.6 Å². The maximum absolute atomic E-state index is 14.7. The SMILES string of the molecule is CN(C)CCOc1cc(F)cc(-c2ccnc3[nH]c(-c4n[nH]c5ccc(-c6cncc(NC(=O)C7CC7)c6)cc45)cc23)c1. The van der Waals surface area contributed by atoms with Gasteiger partial charge in [-0.25, -0.2) is 9.37 Å². The fourth-order valence-corrected chi connectivity index (χ4v) is 5.21. The fourth-order valence-electron chi connectivity index (χ4n) is 5.21. The van der Waals surface area contributed by atoms with Gasteiger partial charge in [-0.1, -0.05) is 6.07 Å². The van der Waals surface area contributed by atoms with E-state index in [1.807, 2.05) is 55.4 Å². The zero-order chi connectivity index (χ0) is 29.5. The highest BCUT2D eigenvalue weighted by molar-refractivity contribution is 6.01. The Morgan fingerprint density at radius 2 is 1.91 bits per heavy atom. The summed E-state index contributed by atoms with van der Waals surface area (Å²) < 4.78 is 20.5. The topological polar surface area (TPSA) is 112 Å². The number of ether oxygens (including phenoxy) is 1. The Morgan fingerprint density at radius 3 is 2.74 bits per heavy atom. The van der Waals surface area contributed by atoms with Crippen LogP contribution >= 0.6 is 0 Å². The van der Waals surface area contributed by atoms with Crippen molar-refractivity contribution >= 4 is 33.5 Å². The number of amides is 1. The molecule has 10 heteroatoms. The number of aromatic amines is 2. The van der Waals surface area contributed by atoms with Gasteiger partial charge in [0, 0.05) is 47.3 Å². The molecule has 0 aliphatic heterocycles. The molecule has 4 aromatic heterocycles. The molecule has 0 unspecified atom stereocenters. The molecule has 3 N–H and O–H groups in total. The molecule has 4 heterocycles. The molecule has 43 heavy (non-hydrogen) atoms. The Kier molecular flexibility index (Phi) is 6.83. The van der Waals surface area contributed by atoms with Gasteiger partial charge in [-0.15, -0.1) is 0 Å². The number of rotatable bonds is 9. The Balaban J connectivity index is 1.23. The molecular formula is C33H30FN7O2. The number of hydrogen-bond acceptors (Lipinski definition) is 6. The third-order valence-corrected chi connectivity index (χ3v) is 7.63. The van der Waals surface area contributed by atoms with E-state index in [1.165, 1.54) is 12.1 Å². The number of pyridine rings is 2. The van der Waals surface area contributed by atoms with E-state index in [-0.39, 0.29) is 17.6 Å². The molecule has 1 fully saturated rings. The van der Waals surface area contributed by atoms with Gasteiger partial charge in [0.05, 0.1) is 23.1 Å². The predicted molar refractivity (Wildman–Crippen MR) is 165 cm³/mol. The number of likely N-dealkylation sites (N-methyl/N-ethyl adjacent to an activating group) is 1. The summed E-state index contributed by atoms with van der Waals surface area (Å²) in [4.78, 5) is 26.6. The fraction of sp³-hybridized carbons (Fsp3) is 0.212. The summed E-state index contributed by atoms with van der Waals surface area (Å²) in [5.41, 5.74) is 7.11. The number of nitrogens with one attached hydrogen (secondary N) is 3. The number of hydrogen-bond donors (Lipinski definition) is 3. The summed E-state index contributed by atoms with van der Waals surface area (Å²) in [5, 5.41) is 12.5. The molecule has 1 saturated carbocycles. The molecule has 1 aliphatic rings. The molecule has 2 aromatic carbocycles. The van der Waals surface area contributed by atoms with E-state index in [2.05, 4.69) is 36.5 Å². The van der Waals surface area contributed by atoms with Crippen molar-refractivity contribution in [3.05, 3.63) is 79.0 Å². The number of anilines is 1. The first-order chi connectivity index (χ1) is 20.9. The molecule has 0 bridgehead atoms. The molecule has 9 nitrogen and oxygen atoms in total. The highest BCUT2D eigenvalue weighted by atomic mass is 19.1. The van der Waals surface area contributed by atoms with Gasteiger partial charge in [0.1, 0.15) is 29.5 Å². The quantitative estimate of drug-likeness (QED) is 0.188. The second-order valence-electron chi connectivity index (χ2n) is 11.2. The lowest BCUT2D eigenvalue weighted by Gasteiger charge is -2.12. The number of carbonyl (C=O) groups excluding carboxylic acids is 1. The van der Waals surface area contributed by atoms with Crippen LogP contribution in [-0.4, -0.2) is 63.2 Å². The minimum atomic E-state index is -0.366. The van der Waals surface area contributed by atoms with Gasteiger partial charge < -0.3 is 19.9 Å². The lowest BCUT2D eigenvalue weighted by atomic mass is 10.0. The summed E-state index contributed by atoms with van der Waals surface area (Å²) in [6.45, 7) is 1.18. The van der Waals surface area contributed by atoms with Crippen molar-refractivity contribution in [1.82, 2.24) is 30.0 Å². The average Bonchev–Trinajstić information content (AvgIpc) is 3.62. The van der Waals surface area contributed by atoms with E-state index in [0.29, 0.717) is 29.3 Å². The maximum atomic E-state index is 14.7. The zero-order valence-electron chi connectivity index (χ0n) is 23.8. The minimum absolute atomic E-state index is 0.0460. The van der Waals surface area contributed by atoms with Crippen LogP contribution in [0.15, 0.2) is 73.2 Å². The van der Waals surface area contributed by atoms with E-state index < -0.39 is 0 Å². The first kappa shape index (κ1) is 26.8. The second kappa shape index (κ2) is 11.0. The first-order valence-electron chi connectivity index (χ1n) is 14.2. The molecule has 216 valence electrons. The molecule has 0 atom stereocenters. The van der Waals surface area contributed by atoms with E-state index in [9.17, 15) is 9.18 Å². The molecule has 7 rings (SSSR count). The minimum Gasteiger partial charge on any atom is -0.492 e. The number of carbonyl (C=O) groups is 1. The van der Waals surface area contributed by atoms with Crippen LogP contribution in [0.3, 0.4) is 0 Å². The van der Waals surface area contributed by atoms with Gasteiger partial charge in [0.2, 0.25) is 5.91 Å². The van der Waals surface area contributed by atoms with Crippen LogP contribution in [0, 0.1) is 11.7 Å². The number of halogens is 1. The summed E-state index contributed by atoms with van der Waals surface area (Å²) in [5.74, 6) is 0.275. The van der Waals surface area contributed by atoms with Gasteiger partial charge in [0.25, 0.3) is 0 Å². The zero-order valence-corrected chi connectivity index (χ0v) is 23.8. The van der Waals surface area contributed by atoms with Crippen LogP contribution in [0.5, 0.6) is 5.75 Å². The van der Waals surface area contributed by atoms with Crippen LogP contribution in [-0.2, 0) is 4.79 Å². The molecular weight excluding hydrogens is 545 g/mol. The monoisotopic (exact) mass is 575 g/mol. The van der Waals surface area contributed by atoms with Gasteiger partial charge in [-0.05, 0) is 86.1 Å². The lowest BCUT2D eigenvalue weighted by molar-refractivity contribution is -0.117. The first-order valence-corrected chi connectivity index (χ1v) is 14.2. The van der Waals surface area contributed by atoms with Gasteiger partial charge in [0.15, 0.2) is 0 Å². The van der Waals surface area contributed by atoms with Gasteiger partial charge in [-0.2, -0.15) is 5.10 Å². The van der Waals surface area contributed by atoms with Crippen molar-refractivity contribution in [1.29, 1.82) is 0 Å². The molecule has 1 aliphatic carbocycles. The molecule has 0 radical (unpaired) electrons. The standard InChI is InChI=1S/C33H30FN7O2/c1-41(2)9-10-43-25-13-21(11-23(34)15-25)26-7-8-36-32-27(26)16-30(38-32)31-28-14-20(5-6-29(28)39-40-31)22-12-24(18-35-17-22)37-33(42)19-3-4-19/h5-8,11-19H,3-4,9-10H2,1-2H3,(H,36,38)(H,37,42)(H,39,40). The summed E-state index contributed by atoms with van der Waals surface area (Å²) in [7, 11) is 3.93. The van der Waals surface area contributed by atoms with Crippen LogP contribution in [0.4, 0.5) is 10.1 Å². The van der Waals surface area contributed by atoms with Gasteiger partial charge in [-0.3, -0.25) is 14.9 Å². The Labute approximate surface area is 247 Å². The predicted octanol–water partition coefficient (Wildman–Crippen LogP) is 6.26. The maximum Gasteiger partial charge on any atom is 0.227 e. The number of fused-ring (bicyclic) bond motifs is 2. The highest BCUT2D eigenvalue weighted by Gasteiger charge is 2.29. The van der Waals surface area contributed by atoms with E-state index in [0.717, 1.165) is 63.8 Å². The smallest absolute Gasteiger partial charge is 0.227 e. The summed E-state index contributed by atoms with van der Waals surface area (Å²) >= 11 is 0. The molecule has 1 amide bonds. The molecule has 0 spiro atoms. The van der Waals surface area contributed by atoms with E-state index in [4.69, 9.17) is 4.74 Å². The third kappa shape index (κ3) is 5.56. The third-order valence-electron chi connectivity index (χ3n) is 7.63. The van der Waals surface area contributed by atoms with Crippen LogP contribution in [0.2, 0.25) is 0 Å². The van der Waals surface area contributed by atoms with Crippen molar-refractivity contribution in [2.24, 2.45) is 5.92 Å². The van der Waals surface area contributed by atoms with Crippen molar-refractivity contribution in [3.63, 3.8) is 0 Å². The Morgan fingerprint density at radius 1 is 1.02 bits per heavy atom.